The standard InChI is InChI=1S/C34H60N2O6/c1-6-7-8-9-10-11-12-13-16-20-34(21-17-22-34)31(40)36-27-19-15-14-18-25(27)26(30(38)39)23-35-29(37)28-32(2,3)24-41-33(4,5)42-28/h25-28H,6-24H2,1-5H3,(H,35,37)(H,36,40)(H,38,39). The van der Waals surface area contributed by atoms with Crippen molar-refractivity contribution in [2.75, 3.05) is 13.2 Å². The van der Waals surface area contributed by atoms with Crippen molar-refractivity contribution >= 4 is 17.8 Å². The summed E-state index contributed by atoms with van der Waals surface area (Å²) >= 11 is 0. The van der Waals surface area contributed by atoms with E-state index in [2.05, 4.69) is 17.6 Å². The first-order valence-electron chi connectivity index (χ1n) is 17.0. The van der Waals surface area contributed by atoms with E-state index in [0.29, 0.717) is 6.61 Å². The Hall–Kier alpha value is -1.67. The fourth-order valence-electron chi connectivity index (χ4n) is 7.16. The second-order valence-electron chi connectivity index (χ2n) is 14.6. The molecule has 2 saturated carbocycles. The lowest BCUT2D eigenvalue weighted by Gasteiger charge is -2.45. The predicted molar refractivity (Wildman–Crippen MR) is 165 cm³/mol. The minimum absolute atomic E-state index is 0.0199. The van der Waals surface area contributed by atoms with E-state index in [4.69, 9.17) is 9.47 Å². The highest BCUT2D eigenvalue weighted by atomic mass is 16.7. The van der Waals surface area contributed by atoms with Crippen molar-refractivity contribution in [3.63, 3.8) is 0 Å². The molecular weight excluding hydrogens is 532 g/mol. The molecule has 4 atom stereocenters. The van der Waals surface area contributed by atoms with Crippen molar-refractivity contribution in [1.82, 2.24) is 10.6 Å². The average molecular weight is 593 g/mol. The molecule has 3 N–H and O–H groups in total. The van der Waals surface area contributed by atoms with Crippen molar-refractivity contribution in [2.45, 2.75) is 162 Å². The van der Waals surface area contributed by atoms with Crippen LogP contribution < -0.4 is 10.6 Å². The summed E-state index contributed by atoms with van der Waals surface area (Å²) in [5, 5.41) is 16.5. The van der Waals surface area contributed by atoms with Gasteiger partial charge in [0.15, 0.2) is 5.79 Å². The molecule has 0 spiro atoms. The van der Waals surface area contributed by atoms with Gasteiger partial charge >= 0.3 is 5.97 Å². The normalized spacial score (nSPS) is 26.9. The van der Waals surface area contributed by atoms with Gasteiger partial charge in [-0.3, -0.25) is 14.4 Å². The van der Waals surface area contributed by atoms with Crippen molar-refractivity contribution in [2.24, 2.45) is 22.7 Å². The summed E-state index contributed by atoms with van der Waals surface area (Å²) < 4.78 is 11.7. The lowest BCUT2D eigenvalue weighted by Crippen LogP contribution is -2.58. The topological polar surface area (TPSA) is 114 Å². The zero-order valence-corrected chi connectivity index (χ0v) is 27.2. The van der Waals surface area contributed by atoms with Gasteiger partial charge in [-0.15, -0.1) is 0 Å². The smallest absolute Gasteiger partial charge is 0.308 e. The van der Waals surface area contributed by atoms with E-state index in [-0.39, 0.29) is 35.7 Å². The van der Waals surface area contributed by atoms with Crippen LogP contribution >= 0.6 is 0 Å². The molecule has 1 heterocycles. The Bertz CT molecular complexity index is 883. The third-order valence-corrected chi connectivity index (χ3v) is 10.2. The van der Waals surface area contributed by atoms with E-state index in [1.54, 1.807) is 13.8 Å². The number of aliphatic carboxylic acids is 1. The molecular formula is C34H60N2O6. The SMILES string of the molecule is CCCCCCCCCCCC1(C(=O)NC2CCCCC2C(CNC(=O)C2OC(C)(C)OCC2(C)C)C(=O)O)CCC1. The molecule has 2 aliphatic carbocycles. The number of rotatable bonds is 17. The first-order chi connectivity index (χ1) is 19.9. The summed E-state index contributed by atoms with van der Waals surface area (Å²) in [5.74, 6) is -2.99. The van der Waals surface area contributed by atoms with Gasteiger partial charge in [0.05, 0.1) is 12.5 Å². The quantitative estimate of drug-likeness (QED) is 0.161. The van der Waals surface area contributed by atoms with Gasteiger partial charge in [-0.25, -0.2) is 0 Å². The minimum Gasteiger partial charge on any atom is -0.481 e. The fourth-order valence-corrected chi connectivity index (χ4v) is 7.16. The van der Waals surface area contributed by atoms with E-state index in [1.165, 1.54) is 51.4 Å². The summed E-state index contributed by atoms with van der Waals surface area (Å²) in [6, 6.07) is -0.181. The highest BCUT2D eigenvalue weighted by Crippen LogP contribution is 2.46. The summed E-state index contributed by atoms with van der Waals surface area (Å²) in [7, 11) is 0. The van der Waals surface area contributed by atoms with Crippen LogP contribution in [0, 0.1) is 22.7 Å². The van der Waals surface area contributed by atoms with Crippen molar-refractivity contribution in [3.05, 3.63) is 0 Å². The van der Waals surface area contributed by atoms with Crippen LogP contribution in [0.15, 0.2) is 0 Å². The van der Waals surface area contributed by atoms with Gasteiger partial charge in [-0.05, 0) is 51.9 Å². The number of carbonyl (C=O) groups excluding carboxylic acids is 2. The molecule has 0 aromatic carbocycles. The molecule has 3 rings (SSSR count). The summed E-state index contributed by atoms with van der Waals surface area (Å²) in [4.78, 5) is 39.4. The number of unbranched alkanes of at least 4 members (excludes halogenated alkanes) is 8. The third kappa shape index (κ3) is 9.67. The lowest BCUT2D eigenvalue weighted by molar-refractivity contribution is -0.304. The monoisotopic (exact) mass is 592 g/mol. The van der Waals surface area contributed by atoms with Gasteiger partial charge in [0, 0.05) is 23.4 Å². The molecule has 2 amide bonds. The number of hydrogen-bond acceptors (Lipinski definition) is 5. The number of amides is 2. The highest BCUT2D eigenvalue weighted by molar-refractivity contribution is 5.84. The Morgan fingerprint density at radius 2 is 1.50 bits per heavy atom. The van der Waals surface area contributed by atoms with Crippen LogP contribution in [-0.2, 0) is 23.9 Å². The lowest BCUT2D eigenvalue weighted by atomic mass is 9.64. The second kappa shape index (κ2) is 15.9. The molecule has 0 aromatic heterocycles. The maximum Gasteiger partial charge on any atom is 0.308 e. The average Bonchev–Trinajstić information content (AvgIpc) is 2.91. The van der Waals surface area contributed by atoms with Gasteiger partial charge in [-0.1, -0.05) is 97.8 Å². The molecule has 0 radical (unpaired) electrons. The summed E-state index contributed by atoms with van der Waals surface area (Å²) in [5.41, 5.74) is -0.819. The highest BCUT2D eigenvalue weighted by Gasteiger charge is 2.48. The molecule has 3 aliphatic rings. The Kier molecular flexibility index (Phi) is 13.2. The molecule has 3 fully saturated rings. The molecule has 1 aliphatic heterocycles. The molecule has 0 bridgehead atoms. The molecule has 242 valence electrons. The molecule has 8 nitrogen and oxygen atoms in total. The number of hydrogen-bond donors (Lipinski definition) is 3. The fraction of sp³-hybridized carbons (Fsp3) is 0.912. The second-order valence-corrected chi connectivity index (χ2v) is 14.6. The molecule has 1 saturated heterocycles. The van der Waals surface area contributed by atoms with Gasteiger partial charge in [-0.2, -0.15) is 0 Å². The molecule has 42 heavy (non-hydrogen) atoms. The van der Waals surface area contributed by atoms with Crippen molar-refractivity contribution < 1.29 is 29.0 Å². The van der Waals surface area contributed by atoms with Gasteiger partial charge < -0.3 is 25.2 Å². The molecule has 4 unspecified atom stereocenters. The van der Waals surface area contributed by atoms with Crippen LogP contribution in [0.3, 0.4) is 0 Å². The Labute approximate surface area is 254 Å². The number of ether oxygens (including phenoxy) is 2. The van der Waals surface area contributed by atoms with Crippen LogP contribution in [0.1, 0.15) is 144 Å². The van der Waals surface area contributed by atoms with Crippen molar-refractivity contribution in [3.8, 4) is 0 Å². The number of carbonyl (C=O) groups is 3. The third-order valence-electron chi connectivity index (χ3n) is 10.2. The van der Waals surface area contributed by atoms with Crippen LogP contribution in [-0.4, -0.2) is 54.0 Å². The summed E-state index contributed by atoms with van der Waals surface area (Å²) in [6.45, 7) is 10.0. The molecule has 0 aromatic rings. The summed E-state index contributed by atoms with van der Waals surface area (Å²) in [6.07, 6.45) is 18.0. The number of nitrogens with one attached hydrogen (secondary N) is 2. The van der Waals surface area contributed by atoms with E-state index < -0.39 is 29.2 Å². The first-order valence-corrected chi connectivity index (χ1v) is 17.0. The number of carboxylic acid groups (broad SMARTS) is 1. The van der Waals surface area contributed by atoms with Crippen LogP contribution in [0.5, 0.6) is 0 Å². The van der Waals surface area contributed by atoms with E-state index in [1.807, 2.05) is 13.8 Å². The minimum atomic E-state index is -0.929. The molecule has 8 heteroatoms. The predicted octanol–water partition coefficient (Wildman–Crippen LogP) is 6.75. The maximum absolute atomic E-state index is 13.7. The van der Waals surface area contributed by atoms with E-state index in [9.17, 15) is 19.5 Å². The maximum atomic E-state index is 13.7. The zero-order valence-electron chi connectivity index (χ0n) is 27.2. The van der Waals surface area contributed by atoms with Crippen LogP contribution in [0.2, 0.25) is 0 Å². The van der Waals surface area contributed by atoms with Crippen LogP contribution in [0.25, 0.3) is 0 Å². The van der Waals surface area contributed by atoms with E-state index >= 15 is 0 Å². The van der Waals surface area contributed by atoms with Crippen LogP contribution in [0.4, 0.5) is 0 Å². The van der Waals surface area contributed by atoms with E-state index in [0.717, 1.165) is 57.8 Å². The largest absolute Gasteiger partial charge is 0.481 e. The van der Waals surface area contributed by atoms with Gasteiger partial charge in [0.1, 0.15) is 6.10 Å². The number of carboxylic acids is 1. The van der Waals surface area contributed by atoms with Gasteiger partial charge in [0.2, 0.25) is 11.8 Å². The zero-order chi connectivity index (χ0) is 30.8. The van der Waals surface area contributed by atoms with Crippen molar-refractivity contribution in [1.29, 1.82) is 0 Å². The first kappa shape index (κ1) is 34.8. The van der Waals surface area contributed by atoms with Gasteiger partial charge in [0.25, 0.3) is 0 Å². The Morgan fingerprint density at radius 3 is 2.10 bits per heavy atom. The Balaban J connectivity index is 1.53. The Morgan fingerprint density at radius 1 is 0.881 bits per heavy atom.